The smallest absolute Gasteiger partial charge is 0.390 e. The van der Waals surface area contributed by atoms with Crippen molar-refractivity contribution in [3.8, 4) is 0 Å². The number of carbonyl (C=O) groups excluding carboxylic acids is 1. The summed E-state index contributed by atoms with van der Waals surface area (Å²) in [4.78, 5) is 20.1. The van der Waals surface area contributed by atoms with E-state index >= 15 is 0 Å². The number of hydrogen-bond donors (Lipinski definition) is 2. The summed E-state index contributed by atoms with van der Waals surface area (Å²) in [5.74, 6) is -0.693. The maximum absolute atomic E-state index is 14.5. The third-order valence-corrected chi connectivity index (χ3v) is 11.6. The molecule has 0 spiro atoms. The molecule has 0 aliphatic heterocycles. The quantitative estimate of drug-likeness (QED) is 0.287. The molecule has 1 amide bonds. The first-order chi connectivity index (χ1) is 21.3. The molecule has 252 valence electrons. The van der Waals surface area contributed by atoms with Crippen LogP contribution in [0.5, 0.6) is 0 Å². The Morgan fingerprint density at radius 3 is 2.22 bits per heavy atom. The normalized spacial score (nSPS) is 31.7. The molecule has 0 saturated heterocycles. The number of rotatable bonds is 8. The molecule has 4 saturated carbocycles. The van der Waals surface area contributed by atoms with Gasteiger partial charge in [-0.05, 0) is 133 Å². The molecule has 7 nitrogen and oxygen atoms in total. The standard InChI is InChI=1S/C35H45F4N3O4/c1-30(2,36)29-40-28(41-46-29)33-15-12-32(13-16-33,14-17-33)21-42(27(43)24-19-34(45,20-24)35(37,38)39)26-7-5-6-23(18-26)22-8-10-25(11-9-22)31(3,4)44/h5-8,18,24-25,44-45H,9-17,19-21H2,1-4H3/t24-,25?,32?,33?,34+. The maximum atomic E-state index is 14.5. The summed E-state index contributed by atoms with van der Waals surface area (Å²) >= 11 is 0. The zero-order valence-electron chi connectivity index (χ0n) is 27.1. The fourth-order valence-corrected chi connectivity index (χ4v) is 8.14. The molecule has 2 aromatic rings. The van der Waals surface area contributed by atoms with Gasteiger partial charge in [-0.25, -0.2) is 4.39 Å². The molecule has 5 aliphatic rings. The van der Waals surface area contributed by atoms with E-state index in [1.807, 2.05) is 38.1 Å². The first-order valence-corrected chi connectivity index (χ1v) is 16.5. The van der Waals surface area contributed by atoms with Gasteiger partial charge in [-0.1, -0.05) is 23.4 Å². The van der Waals surface area contributed by atoms with Crippen LogP contribution in [0, 0.1) is 17.3 Å². The molecule has 1 unspecified atom stereocenters. The highest BCUT2D eigenvalue weighted by molar-refractivity contribution is 5.96. The van der Waals surface area contributed by atoms with Crippen molar-refractivity contribution in [2.75, 3.05) is 11.4 Å². The molecular formula is C35H45F4N3O4. The third kappa shape index (κ3) is 6.02. The second-order valence-corrected chi connectivity index (χ2v) is 15.6. The van der Waals surface area contributed by atoms with Crippen LogP contribution in [0.3, 0.4) is 0 Å². The second-order valence-electron chi connectivity index (χ2n) is 15.6. The first-order valence-electron chi connectivity index (χ1n) is 16.5. The van der Waals surface area contributed by atoms with Gasteiger partial charge in [-0.2, -0.15) is 18.2 Å². The molecule has 7 rings (SSSR count). The van der Waals surface area contributed by atoms with Crippen molar-refractivity contribution in [3.63, 3.8) is 0 Å². The number of allylic oxidation sites excluding steroid dienone is 2. The molecule has 2 bridgehead atoms. The van der Waals surface area contributed by atoms with Crippen LogP contribution in [-0.4, -0.2) is 50.2 Å². The van der Waals surface area contributed by atoms with Gasteiger partial charge in [0.2, 0.25) is 5.91 Å². The van der Waals surface area contributed by atoms with Gasteiger partial charge in [-0.15, -0.1) is 0 Å². The van der Waals surface area contributed by atoms with Gasteiger partial charge in [0.15, 0.2) is 17.1 Å². The molecule has 11 heteroatoms. The number of carbonyl (C=O) groups is 1. The van der Waals surface area contributed by atoms with Crippen LogP contribution in [0.1, 0.15) is 116 Å². The van der Waals surface area contributed by atoms with Crippen LogP contribution < -0.4 is 4.90 Å². The Morgan fingerprint density at radius 1 is 1.04 bits per heavy atom. The molecule has 46 heavy (non-hydrogen) atoms. The number of nitrogens with zero attached hydrogens (tertiary/aromatic N) is 3. The van der Waals surface area contributed by atoms with Gasteiger partial charge in [0.1, 0.15) is 0 Å². The van der Waals surface area contributed by atoms with Gasteiger partial charge in [-0.3, -0.25) is 4.79 Å². The molecule has 2 N–H and O–H groups in total. The first kappa shape index (κ1) is 33.1. The number of benzene rings is 1. The predicted octanol–water partition coefficient (Wildman–Crippen LogP) is 7.56. The Hall–Kier alpha value is -2.79. The predicted molar refractivity (Wildman–Crippen MR) is 164 cm³/mol. The van der Waals surface area contributed by atoms with Crippen molar-refractivity contribution in [2.24, 2.45) is 17.3 Å². The summed E-state index contributed by atoms with van der Waals surface area (Å²) in [5, 5.41) is 24.8. The number of aromatic nitrogens is 2. The Morgan fingerprint density at radius 2 is 1.70 bits per heavy atom. The number of anilines is 1. The van der Waals surface area contributed by atoms with Crippen molar-refractivity contribution in [2.45, 2.75) is 127 Å². The van der Waals surface area contributed by atoms with E-state index in [0.717, 1.165) is 68.9 Å². The molecule has 0 radical (unpaired) electrons. The summed E-state index contributed by atoms with van der Waals surface area (Å²) in [6.07, 6.45) is 2.93. The molecular weight excluding hydrogens is 602 g/mol. The van der Waals surface area contributed by atoms with Crippen molar-refractivity contribution >= 4 is 17.2 Å². The van der Waals surface area contributed by atoms with Gasteiger partial charge in [0, 0.05) is 23.6 Å². The van der Waals surface area contributed by atoms with Gasteiger partial charge >= 0.3 is 6.18 Å². The molecule has 1 aromatic heterocycles. The summed E-state index contributed by atoms with van der Waals surface area (Å²) in [7, 11) is 0. The van der Waals surface area contributed by atoms with Gasteiger partial charge in [0.05, 0.1) is 5.60 Å². The number of aliphatic hydroxyl groups is 2. The molecule has 1 atom stereocenters. The molecule has 5 aliphatic carbocycles. The molecule has 4 fully saturated rings. The number of amides is 1. The summed E-state index contributed by atoms with van der Waals surface area (Å²) in [5.41, 5.74) is -3.20. The second kappa shape index (κ2) is 11.1. The topological polar surface area (TPSA) is 99.7 Å². The maximum Gasteiger partial charge on any atom is 0.417 e. The highest BCUT2D eigenvalue weighted by Crippen LogP contribution is 2.58. The number of alkyl halides is 4. The van der Waals surface area contributed by atoms with Crippen LogP contribution in [0.15, 0.2) is 34.9 Å². The van der Waals surface area contributed by atoms with E-state index in [4.69, 9.17) is 4.52 Å². The van der Waals surface area contributed by atoms with E-state index in [2.05, 4.69) is 16.2 Å². The zero-order chi connectivity index (χ0) is 33.3. The third-order valence-electron chi connectivity index (χ3n) is 11.6. The molecule has 1 aromatic carbocycles. The molecule has 1 heterocycles. The highest BCUT2D eigenvalue weighted by atomic mass is 19.4. The number of halogens is 4. The monoisotopic (exact) mass is 647 g/mol. The lowest BCUT2D eigenvalue weighted by Gasteiger charge is -2.54. The van der Waals surface area contributed by atoms with E-state index in [1.54, 1.807) is 4.90 Å². The zero-order valence-corrected chi connectivity index (χ0v) is 27.1. The van der Waals surface area contributed by atoms with E-state index in [9.17, 15) is 32.6 Å². The van der Waals surface area contributed by atoms with E-state index in [-0.39, 0.29) is 22.6 Å². The van der Waals surface area contributed by atoms with Gasteiger partial charge in [0.25, 0.3) is 5.89 Å². The Bertz CT molecular complexity index is 1470. The minimum absolute atomic E-state index is 0.0427. The SMILES string of the molecule is CC(C)(F)c1nc(C23CCC(CN(c4cccc(C5=CCC(C(C)(C)O)CC5)c4)C(=O)[C@H]4C[C@](O)(C(F)(F)F)C4)(CC2)CC3)no1. The highest BCUT2D eigenvalue weighted by Gasteiger charge is 2.63. The van der Waals surface area contributed by atoms with Crippen molar-refractivity contribution < 1.29 is 37.1 Å². The van der Waals surface area contributed by atoms with Crippen LogP contribution in [0.25, 0.3) is 5.57 Å². The van der Waals surface area contributed by atoms with Crippen molar-refractivity contribution in [3.05, 3.63) is 47.6 Å². The Labute approximate surface area is 267 Å². The van der Waals surface area contributed by atoms with Crippen molar-refractivity contribution in [1.82, 2.24) is 10.1 Å². The average molecular weight is 648 g/mol. The lowest BCUT2D eigenvalue weighted by molar-refractivity contribution is -0.295. The minimum Gasteiger partial charge on any atom is -0.390 e. The van der Waals surface area contributed by atoms with E-state index < -0.39 is 47.7 Å². The fraction of sp³-hybridized carbons (Fsp3) is 0.686. The van der Waals surface area contributed by atoms with Gasteiger partial charge < -0.3 is 19.6 Å². The minimum atomic E-state index is -4.79. The Kier molecular flexibility index (Phi) is 8.02. The van der Waals surface area contributed by atoms with Crippen LogP contribution in [0.4, 0.5) is 23.2 Å². The van der Waals surface area contributed by atoms with Crippen LogP contribution >= 0.6 is 0 Å². The number of fused-ring (bicyclic) bond motifs is 3. The lowest BCUT2D eigenvalue weighted by Crippen LogP contribution is -2.60. The summed E-state index contributed by atoms with van der Waals surface area (Å²) in [6, 6.07) is 7.66. The van der Waals surface area contributed by atoms with E-state index in [0.29, 0.717) is 18.1 Å². The fourth-order valence-electron chi connectivity index (χ4n) is 8.14. The van der Waals surface area contributed by atoms with Crippen molar-refractivity contribution in [1.29, 1.82) is 0 Å². The summed E-state index contributed by atoms with van der Waals surface area (Å²) in [6.45, 7) is 6.77. The van der Waals surface area contributed by atoms with E-state index in [1.165, 1.54) is 13.8 Å². The largest absolute Gasteiger partial charge is 0.417 e. The Balaban J connectivity index is 1.25. The van der Waals surface area contributed by atoms with Crippen LogP contribution in [-0.2, 0) is 15.9 Å². The van der Waals surface area contributed by atoms with Crippen LogP contribution in [0.2, 0.25) is 0 Å². The summed E-state index contributed by atoms with van der Waals surface area (Å²) < 4.78 is 60.3. The average Bonchev–Trinajstić information content (AvgIpc) is 3.51. The lowest BCUT2D eigenvalue weighted by atomic mass is 9.53. The number of hydrogen-bond acceptors (Lipinski definition) is 6.